The number of carbonyl (C=O) groups excluding carboxylic acids is 1. The monoisotopic (exact) mass is 375 g/mol. The van der Waals surface area contributed by atoms with E-state index in [4.69, 9.17) is 28.3 Å². The first kappa shape index (κ1) is 21.2. The van der Waals surface area contributed by atoms with Gasteiger partial charge in [-0.25, -0.2) is 0 Å². The summed E-state index contributed by atoms with van der Waals surface area (Å²) < 4.78 is 4.55. The predicted molar refractivity (Wildman–Crippen MR) is 98.7 cm³/mol. The van der Waals surface area contributed by atoms with Gasteiger partial charge in [0.25, 0.3) is 6.47 Å². The fourth-order valence-corrected chi connectivity index (χ4v) is 3.08. The zero-order chi connectivity index (χ0) is 18.3. The Hall–Kier alpha value is -0.810. The third-order valence-corrected chi connectivity index (χ3v) is 4.56. The Kier molecular flexibility index (Phi) is 8.51. The summed E-state index contributed by atoms with van der Waals surface area (Å²) in [5.41, 5.74) is 1.04. The van der Waals surface area contributed by atoms with Crippen LogP contribution >= 0.6 is 23.2 Å². The largest absolute Gasteiger partial charge is 0.462 e. The SMILES string of the molecule is CC(C)(C)OC=O.CCO.Clc1ccc(C2C3CNCC32)cc1Cl. The summed E-state index contributed by atoms with van der Waals surface area (Å²) in [5, 5.41) is 12.3. The molecule has 2 atom stereocenters. The molecule has 1 aliphatic carbocycles. The van der Waals surface area contributed by atoms with Gasteiger partial charge in [-0.1, -0.05) is 29.3 Å². The second-order valence-electron chi connectivity index (χ2n) is 6.83. The molecule has 1 saturated heterocycles. The van der Waals surface area contributed by atoms with E-state index in [1.807, 2.05) is 32.9 Å². The van der Waals surface area contributed by atoms with Gasteiger partial charge < -0.3 is 15.2 Å². The van der Waals surface area contributed by atoms with Crippen LogP contribution in [-0.4, -0.2) is 36.9 Å². The van der Waals surface area contributed by atoms with E-state index in [2.05, 4.69) is 16.1 Å². The standard InChI is InChI=1S/C11H11Cl2N.C5H10O2.C2H6O/c12-9-2-1-6(3-10(9)13)11-7-4-14-5-8(7)11;1-5(2,3)7-4-6;1-2-3/h1-3,7-8,11,14H,4-5H2;4H,1-3H3;3H,2H2,1H3. The molecule has 2 aliphatic rings. The second kappa shape index (κ2) is 9.62. The number of hydrogen-bond donors (Lipinski definition) is 2. The summed E-state index contributed by atoms with van der Waals surface area (Å²) in [6, 6.07) is 6.03. The topological polar surface area (TPSA) is 58.6 Å². The van der Waals surface area contributed by atoms with E-state index in [-0.39, 0.29) is 12.2 Å². The maximum absolute atomic E-state index is 9.60. The summed E-state index contributed by atoms with van der Waals surface area (Å²) in [4.78, 5) is 9.60. The first-order valence-electron chi connectivity index (χ1n) is 8.13. The summed E-state index contributed by atoms with van der Waals surface area (Å²) in [6.07, 6.45) is 0. The van der Waals surface area contributed by atoms with E-state index in [9.17, 15) is 4.79 Å². The highest BCUT2D eigenvalue weighted by molar-refractivity contribution is 6.42. The van der Waals surface area contributed by atoms with Crippen LogP contribution in [0.2, 0.25) is 10.0 Å². The van der Waals surface area contributed by atoms with Crippen LogP contribution in [-0.2, 0) is 9.53 Å². The van der Waals surface area contributed by atoms with Crippen molar-refractivity contribution in [3.8, 4) is 0 Å². The lowest BCUT2D eigenvalue weighted by molar-refractivity contribution is -0.138. The molecule has 0 spiro atoms. The Balaban J connectivity index is 0.000000246. The van der Waals surface area contributed by atoms with Crippen LogP contribution in [0, 0.1) is 11.8 Å². The van der Waals surface area contributed by atoms with Crippen molar-refractivity contribution in [3.05, 3.63) is 33.8 Å². The number of aliphatic hydroxyl groups is 1. The van der Waals surface area contributed by atoms with Crippen molar-refractivity contribution in [2.45, 2.75) is 39.2 Å². The number of halogens is 2. The molecule has 2 unspecified atom stereocenters. The van der Waals surface area contributed by atoms with Crippen LogP contribution in [0.5, 0.6) is 0 Å². The number of piperidine rings is 1. The quantitative estimate of drug-likeness (QED) is 0.769. The average molecular weight is 376 g/mol. The van der Waals surface area contributed by atoms with Gasteiger partial charge in [0.2, 0.25) is 0 Å². The van der Waals surface area contributed by atoms with Gasteiger partial charge >= 0.3 is 0 Å². The highest BCUT2D eigenvalue weighted by Gasteiger charge is 2.53. The Labute approximate surface area is 154 Å². The van der Waals surface area contributed by atoms with Gasteiger partial charge in [-0.2, -0.15) is 0 Å². The van der Waals surface area contributed by atoms with Crippen molar-refractivity contribution in [2.75, 3.05) is 19.7 Å². The van der Waals surface area contributed by atoms with E-state index >= 15 is 0 Å². The minimum Gasteiger partial charge on any atom is -0.462 e. The van der Waals surface area contributed by atoms with Crippen LogP contribution in [0.1, 0.15) is 39.2 Å². The zero-order valence-electron chi connectivity index (χ0n) is 14.7. The molecule has 2 N–H and O–H groups in total. The molecule has 1 aromatic carbocycles. The lowest BCUT2D eigenvalue weighted by Crippen LogP contribution is -2.17. The zero-order valence-corrected chi connectivity index (χ0v) is 16.2. The maximum atomic E-state index is 9.60. The molecule has 136 valence electrons. The Morgan fingerprint density at radius 3 is 2.17 bits per heavy atom. The van der Waals surface area contributed by atoms with Gasteiger partial charge in [-0.15, -0.1) is 0 Å². The molecular weight excluding hydrogens is 349 g/mol. The van der Waals surface area contributed by atoms with Gasteiger partial charge in [0.05, 0.1) is 10.0 Å². The van der Waals surface area contributed by atoms with Crippen LogP contribution < -0.4 is 5.32 Å². The van der Waals surface area contributed by atoms with Gasteiger partial charge in [-0.3, -0.25) is 4.79 Å². The van der Waals surface area contributed by atoms with Crippen molar-refractivity contribution >= 4 is 29.7 Å². The summed E-state index contributed by atoms with van der Waals surface area (Å²) in [5.74, 6) is 2.41. The fourth-order valence-electron chi connectivity index (χ4n) is 2.78. The Morgan fingerprint density at radius 1 is 1.25 bits per heavy atom. The molecule has 4 nitrogen and oxygen atoms in total. The third-order valence-electron chi connectivity index (χ3n) is 3.82. The maximum Gasteiger partial charge on any atom is 0.293 e. The number of aliphatic hydroxyl groups excluding tert-OH is 1. The summed E-state index contributed by atoms with van der Waals surface area (Å²) in [7, 11) is 0. The van der Waals surface area contributed by atoms with E-state index < -0.39 is 0 Å². The van der Waals surface area contributed by atoms with Gasteiger partial charge in [0.15, 0.2) is 0 Å². The van der Waals surface area contributed by atoms with Crippen LogP contribution in [0.15, 0.2) is 18.2 Å². The van der Waals surface area contributed by atoms with Crippen molar-refractivity contribution in [1.29, 1.82) is 0 Å². The van der Waals surface area contributed by atoms with E-state index in [1.165, 1.54) is 5.56 Å². The molecule has 24 heavy (non-hydrogen) atoms. The van der Waals surface area contributed by atoms with Crippen LogP contribution in [0.25, 0.3) is 0 Å². The lowest BCUT2D eigenvalue weighted by Gasteiger charge is -2.14. The van der Waals surface area contributed by atoms with Crippen molar-refractivity contribution in [1.82, 2.24) is 5.32 Å². The third kappa shape index (κ3) is 6.60. The van der Waals surface area contributed by atoms with Crippen LogP contribution in [0.4, 0.5) is 0 Å². The molecule has 2 fully saturated rings. The van der Waals surface area contributed by atoms with Gasteiger partial charge in [0, 0.05) is 6.61 Å². The first-order chi connectivity index (χ1) is 11.2. The minimum atomic E-state index is -0.318. The van der Waals surface area contributed by atoms with Crippen molar-refractivity contribution < 1.29 is 14.6 Å². The number of rotatable bonds is 2. The Bertz CT molecular complexity index is 521. The number of fused-ring (bicyclic) bond motifs is 1. The van der Waals surface area contributed by atoms with Crippen LogP contribution in [0.3, 0.4) is 0 Å². The van der Waals surface area contributed by atoms with Gasteiger partial charge in [-0.05, 0) is 76.2 Å². The normalized spacial score (nSPS) is 23.9. The first-order valence-corrected chi connectivity index (χ1v) is 8.88. The number of ether oxygens (including phenoxy) is 1. The molecule has 1 aromatic rings. The summed E-state index contributed by atoms with van der Waals surface area (Å²) in [6.45, 7) is 10.2. The molecule has 6 heteroatoms. The molecule has 0 bridgehead atoms. The van der Waals surface area contributed by atoms with E-state index in [0.29, 0.717) is 16.5 Å². The average Bonchev–Trinajstić information content (AvgIpc) is 2.95. The minimum absolute atomic E-state index is 0.250. The molecule has 3 rings (SSSR count). The number of carbonyl (C=O) groups is 1. The molecular formula is C18H27Cl2NO3. The molecule has 1 heterocycles. The molecule has 1 aliphatic heterocycles. The van der Waals surface area contributed by atoms with E-state index in [1.54, 1.807) is 6.92 Å². The second-order valence-corrected chi connectivity index (χ2v) is 7.64. The number of nitrogens with one attached hydrogen (secondary N) is 1. The van der Waals surface area contributed by atoms with Crippen molar-refractivity contribution in [3.63, 3.8) is 0 Å². The summed E-state index contributed by atoms with van der Waals surface area (Å²) >= 11 is 11.9. The van der Waals surface area contributed by atoms with Crippen molar-refractivity contribution in [2.24, 2.45) is 11.8 Å². The number of hydrogen-bond acceptors (Lipinski definition) is 4. The predicted octanol–water partition coefficient (Wildman–Crippen LogP) is 3.88. The van der Waals surface area contributed by atoms with Gasteiger partial charge in [0.1, 0.15) is 5.60 Å². The molecule has 0 radical (unpaired) electrons. The van der Waals surface area contributed by atoms with E-state index in [0.717, 1.165) is 30.8 Å². The molecule has 1 saturated carbocycles. The smallest absolute Gasteiger partial charge is 0.293 e. The number of benzene rings is 1. The molecule has 0 amide bonds. The molecule has 0 aromatic heterocycles. The highest BCUT2D eigenvalue weighted by Crippen LogP contribution is 2.56. The highest BCUT2D eigenvalue weighted by atomic mass is 35.5. The fraction of sp³-hybridized carbons (Fsp3) is 0.611. The Morgan fingerprint density at radius 2 is 1.79 bits per heavy atom. The lowest BCUT2D eigenvalue weighted by atomic mass is 10.1.